The Morgan fingerprint density at radius 2 is 2.05 bits per heavy atom. The van der Waals surface area contributed by atoms with Crippen molar-refractivity contribution in [3.8, 4) is 5.75 Å². The van der Waals surface area contributed by atoms with Crippen LogP contribution in [0, 0.1) is 13.8 Å². The van der Waals surface area contributed by atoms with E-state index >= 15 is 0 Å². The van der Waals surface area contributed by atoms with Crippen molar-refractivity contribution in [2.75, 3.05) is 13.7 Å². The van der Waals surface area contributed by atoms with Crippen molar-refractivity contribution >= 4 is 16.9 Å². The molecule has 5 nitrogen and oxygen atoms in total. The molecule has 0 fully saturated rings. The molecule has 0 aliphatic rings. The zero-order chi connectivity index (χ0) is 14.0. The van der Waals surface area contributed by atoms with Crippen molar-refractivity contribution < 1.29 is 18.7 Å². The van der Waals surface area contributed by atoms with Gasteiger partial charge in [0, 0.05) is 17.0 Å². The number of methoxy groups -OCH3 is 1. The Hall–Kier alpha value is -2.30. The highest BCUT2D eigenvalue weighted by Gasteiger charge is 2.11. The van der Waals surface area contributed by atoms with Gasteiger partial charge < -0.3 is 13.9 Å². The average molecular weight is 262 g/mol. The third-order valence-electron chi connectivity index (χ3n) is 2.89. The zero-order valence-electron chi connectivity index (χ0n) is 11.0. The second kappa shape index (κ2) is 5.14. The number of aryl methyl sites for hydroxylation is 2. The Morgan fingerprint density at radius 3 is 2.74 bits per heavy atom. The molecule has 0 aliphatic carbocycles. The lowest BCUT2D eigenvalue weighted by atomic mass is 10.1. The number of hydrogen-bond donors (Lipinski definition) is 0. The number of rotatable bonds is 3. The monoisotopic (exact) mass is 262 g/mol. The molecule has 0 atom stereocenters. The topological polar surface area (TPSA) is 65.7 Å². The number of carbonyl (C=O) groups excluding carboxylic acids is 1. The van der Waals surface area contributed by atoms with E-state index in [4.69, 9.17) is 9.15 Å². The lowest BCUT2D eigenvalue weighted by Crippen LogP contribution is -2.13. The Morgan fingerprint density at radius 1 is 1.32 bits per heavy atom. The molecule has 0 saturated heterocycles. The third-order valence-corrected chi connectivity index (χ3v) is 2.89. The lowest BCUT2D eigenvalue weighted by molar-refractivity contribution is -0.142. The van der Waals surface area contributed by atoms with Crippen molar-refractivity contribution in [1.29, 1.82) is 0 Å². The van der Waals surface area contributed by atoms with E-state index in [1.165, 1.54) is 13.2 Å². The largest absolute Gasteiger partial charge is 0.481 e. The minimum Gasteiger partial charge on any atom is -0.481 e. The first kappa shape index (κ1) is 13.1. The summed E-state index contributed by atoms with van der Waals surface area (Å²) in [6.07, 6.45) is 0. The second-order valence-corrected chi connectivity index (χ2v) is 4.18. The van der Waals surface area contributed by atoms with Gasteiger partial charge in [0.15, 0.2) is 6.61 Å². The fourth-order valence-electron chi connectivity index (χ4n) is 1.85. The van der Waals surface area contributed by atoms with Gasteiger partial charge >= 0.3 is 11.6 Å². The molecule has 0 radical (unpaired) electrons. The van der Waals surface area contributed by atoms with E-state index in [1.54, 1.807) is 19.1 Å². The number of fused-ring (bicyclic) bond motifs is 1. The number of ether oxygens (including phenoxy) is 2. The van der Waals surface area contributed by atoms with Crippen LogP contribution in [0.5, 0.6) is 5.75 Å². The zero-order valence-corrected chi connectivity index (χ0v) is 11.0. The van der Waals surface area contributed by atoms with Crippen LogP contribution in [0.25, 0.3) is 11.0 Å². The van der Waals surface area contributed by atoms with Crippen molar-refractivity contribution in [1.82, 2.24) is 0 Å². The van der Waals surface area contributed by atoms with Gasteiger partial charge in [0.25, 0.3) is 0 Å². The van der Waals surface area contributed by atoms with Crippen molar-refractivity contribution in [2.45, 2.75) is 13.8 Å². The molecule has 0 N–H and O–H groups in total. The quantitative estimate of drug-likeness (QED) is 0.625. The van der Waals surface area contributed by atoms with Crippen LogP contribution in [0.2, 0.25) is 0 Å². The molecule has 100 valence electrons. The number of esters is 1. The molecule has 0 bridgehead atoms. The molecular weight excluding hydrogens is 248 g/mol. The van der Waals surface area contributed by atoms with E-state index in [0.29, 0.717) is 16.9 Å². The van der Waals surface area contributed by atoms with Gasteiger partial charge in [-0.25, -0.2) is 9.59 Å². The normalized spacial score (nSPS) is 10.5. The first-order valence-electron chi connectivity index (χ1n) is 5.76. The Balaban J connectivity index is 2.45. The van der Waals surface area contributed by atoms with Crippen LogP contribution in [0.1, 0.15) is 11.1 Å². The highest BCUT2D eigenvalue weighted by Crippen LogP contribution is 2.28. The van der Waals surface area contributed by atoms with E-state index in [-0.39, 0.29) is 6.61 Å². The van der Waals surface area contributed by atoms with Gasteiger partial charge in [0.05, 0.1) is 7.11 Å². The molecule has 0 saturated carbocycles. The molecule has 1 aromatic heterocycles. The molecule has 0 spiro atoms. The minimum absolute atomic E-state index is 0.182. The van der Waals surface area contributed by atoms with Crippen LogP contribution in [0.15, 0.2) is 27.4 Å². The van der Waals surface area contributed by atoms with Gasteiger partial charge in [0.2, 0.25) is 0 Å². The summed E-state index contributed by atoms with van der Waals surface area (Å²) < 4.78 is 15.0. The highest BCUT2D eigenvalue weighted by atomic mass is 16.6. The maximum atomic E-state index is 11.4. The summed E-state index contributed by atoms with van der Waals surface area (Å²) in [6.45, 7) is 3.43. The maximum Gasteiger partial charge on any atom is 0.343 e. The van der Waals surface area contributed by atoms with E-state index in [0.717, 1.165) is 10.9 Å². The van der Waals surface area contributed by atoms with Crippen molar-refractivity contribution in [3.63, 3.8) is 0 Å². The molecule has 2 rings (SSSR count). The van der Waals surface area contributed by atoms with Crippen LogP contribution in [0.3, 0.4) is 0 Å². The summed E-state index contributed by atoms with van der Waals surface area (Å²) in [5.41, 5.74) is 1.60. The molecule has 19 heavy (non-hydrogen) atoms. The van der Waals surface area contributed by atoms with Gasteiger partial charge in [-0.1, -0.05) is 0 Å². The van der Waals surface area contributed by atoms with E-state index in [9.17, 15) is 9.59 Å². The van der Waals surface area contributed by atoms with Gasteiger partial charge in [-0.3, -0.25) is 0 Å². The smallest absolute Gasteiger partial charge is 0.343 e. The summed E-state index contributed by atoms with van der Waals surface area (Å²) in [5, 5.41) is 0.850. The first-order valence-corrected chi connectivity index (χ1v) is 5.76. The van der Waals surface area contributed by atoms with Gasteiger partial charge in [-0.15, -0.1) is 0 Å². The van der Waals surface area contributed by atoms with Gasteiger partial charge in [-0.05, 0) is 31.5 Å². The average Bonchev–Trinajstić information content (AvgIpc) is 2.38. The van der Waals surface area contributed by atoms with Crippen LogP contribution in [-0.4, -0.2) is 19.7 Å². The fourth-order valence-corrected chi connectivity index (χ4v) is 1.85. The number of hydrogen-bond acceptors (Lipinski definition) is 5. The predicted octanol–water partition coefficient (Wildman–Crippen LogP) is 1.96. The van der Waals surface area contributed by atoms with Crippen molar-refractivity contribution in [3.05, 3.63) is 39.7 Å². The maximum absolute atomic E-state index is 11.4. The molecule has 0 unspecified atom stereocenters. The molecule has 5 heteroatoms. The van der Waals surface area contributed by atoms with E-state index in [1.807, 2.05) is 6.92 Å². The van der Waals surface area contributed by atoms with Crippen LogP contribution in [0.4, 0.5) is 0 Å². The second-order valence-electron chi connectivity index (χ2n) is 4.18. The SMILES string of the molecule is COC(=O)COc1ccc2c(C)cc(=O)oc2c1C. The molecule has 1 heterocycles. The molecule has 0 amide bonds. The van der Waals surface area contributed by atoms with E-state index < -0.39 is 11.6 Å². The first-order chi connectivity index (χ1) is 9.02. The molecule has 2 aromatic rings. The fraction of sp³-hybridized carbons (Fsp3) is 0.286. The summed E-state index contributed by atoms with van der Waals surface area (Å²) in [4.78, 5) is 22.4. The van der Waals surface area contributed by atoms with Crippen LogP contribution >= 0.6 is 0 Å². The van der Waals surface area contributed by atoms with Crippen LogP contribution in [-0.2, 0) is 9.53 Å². The van der Waals surface area contributed by atoms with Gasteiger partial charge in [0.1, 0.15) is 11.3 Å². The summed E-state index contributed by atoms with van der Waals surface area (Å²) in [7, 11) is 1.29. The highest BCUT2D eigenvalue weighted by molar-refractivity contribution is 5.84. The summed E-state index contributed by atoms with van der Waals surface area (Å²) in [5.74, 6) is 0.0249. The minimum atomic E-state index is -0.467. The predicted molar refractivity (Wildman–Crippen MR) is 69.5 cm³/mol. The number of benzene rings is 1. The Labute approximate surface area is 109 Å². The van der Waals surface area contributed by atoms with Gasteiger partial charge in [-0.2, -0.15) is 0 Å². The molecule has 1 aromatic carbocycles. The van der Waals surface area contributed by atoms with E-state index in [2.05, 4.69) is 4.74 Å². The lowest BCUT2D eigenvalue weighted by Gasteiger charge is -2.10. The summed E-state index contributed by atoms with van der Waals surface area (Å²) >= 11 is 0. The standard InChI is InChI=1S/C14H14O5/c1-8-6-12(15)19-14-9(2)11(5-4-10(8)14)18-7-13(16)17-3/h4-6H,7H2,1-3H3. The van der Waals surface area contributed by atoms with Crippen LogP contribution < -0.4 is 10.4 Å². The molecular formula is C14H14O5. The Kier molecular flexibility index (Phi) is 3.55. The third kappa shape index (κ3) is 2.59. The summed E-state index contributed by atoms with van der Waals surface area (Å²) in [6, 6.07) is 4.98. The number of carbonyl (C=O) groups is 1. The van der Waals surface area contributed by atoms with Crippen molar-refractivity contribution in [2.24, 2.45) is 0 Å². The Bertz CT molecular complexity index is 684. The molecule has 0 aliphatic heterocycles.